The zero-order chi connectivity index (χ0) is 15.6. The van der Waals surface area contributed by atoms with E-state index in [1.165, 1.54) is 25.3 Å². The van der Waals surface area contributed by atoms with E-state index in [0.29, 0.717) is 16.5 Å². The third-order valence-corrected chi connectivity index (χ3v) is 4.76. The molecule has 2 aromatic rings. The van der Waals surface area contributed by atoms with Gasteiger partial charge in [0, 0.05) is 5.02 Å². The highest BCUT2D eigenvalue weighted by Crippen LogP contribution is 2.28. The molecule has 0 amide bonds. The van der Waals surface area contributed by atoms with Crippen molar-refractivity contribution in [1.82, 2.24) is 0 Å². The highest BCUT2D eigenvalue weighted by atomic mass is 35.5. The molecule has 112 valence electrons. The summed E-state index contributed by atoms with van der Waals surface area (Å²) in [6, 6.07) is 9.19. The second-order valence-electron chi connectivity index (χ2n) is 4.36. The molecule has 0 spiro atoms. The number of nitrogens with one attached hydrogen (secondary N) is 1. The van der Waals surface area contributed by atoms with Crippen LogP contribution < -0.4 is 9.46 Å². The van der Waals surface area contributed by atoms with Crippen molar-refractivity contribution < 1.29 is 13.2 Å². The fraction of sp³-hybridized carbons (Fsp3) is 0.143. The summed E-state index contributed by atoms with van der Waals surface area (Å²) in [5, 5.41) is 0.774. The Hall–Kier alpha value is -1.43. The van der Waals surface area contributed by atoms with Gasteiger partial charge in [0.15, 0.2) is 0 Å². The number of sulfonamides is 1. The van der Waals surface area contributed by atoms with Crippen LogP contribution in [0.15, 0.2) is 41.3 Å². The normalized spacial score (nSPS) is 11.2. The van der Waals surface area contributed by atoms with Crippen LogP contribution in [0.5, 0.6) is 5.75 Å². The Bertz CT molecular complexity index is 776. The molecule has 0 saturated carbocycles. The van der Waals surface area contributed by atoms with Crippen molar-refractivity contribution in [2.75, 3.05) is 11.8 Å². The third-order valence-electron chi connectivity index (χ3n) is 2.87. The fourth-order valence-corrected chi connectivity index (χ4v) is 3.47. The minimum absolute atomic E-state index is 0.0580. The highest BCUT2D eigenvalue weighted by molar-refractivity contribution is 7.92. The van der Waals surface area contributed by atoms with E-state index in [0.717, 1.165) is 5.56 Å². The van der Waals surface area contributed by atoms with Gasteiger partial charge in [0.2, 0.25) is 0 Å². The summed E-state index contributed by atoms with van der Waals surface area (Å²) in [7, 11) is -2.27. The van der Waals surface area contributed by atoms with E-state index in [1.807, 2.05) is 0 Å². The summed E-state index contributed by atoms with van der Waals surface area (Å²) in [5.74, 6) is 0.415. The summed E-state index contributed by atoms with van der Waals surface area (Å²) in [4.78, 5) is 0.0580. The molecule has 0 aromatic heterocycles. The fourth-order valence-electron chi connectivity index (χ4n) is 1.76. The van der Waals surface area contributed by atoms with Crippen LogP contribution >= 0.6 is 23.2 Å². The Morgan fingerprint density at radius 3 is 2.38 bits per heavy atom. The number of rotatable bonds is 4. The van der Waals surface area contributed by atoms with Gasteiger partial charge in [-0.05, 0) is 48.9 Å². The molecule has 0 atom stereocenters. The first-order valence-corrected chi connectivity index (χ1v) is 8.20. The van der Waals surface area contributed by atoms with Gasteiger partial charge in [0.25, 0.3) is 10.0 Å². The van der Waals surface area contributed by atoms with Crippen LogP contribution in [-0.2, 0) is 10.0 Å². The van der Waals surface area contributed by atoms with Crippen LogP contribution in [0.4, 0.5) is 5.69 Å². The lowest BCUT2D eigenvalue weighted by atomic mass is 10.2. The van der Waals surface area contributed by atoms with Gasteiger partial charge in [0.1, 0.15) is 5.75 Å². The van der Waals surface area contributed by atoms with Crippen LogP contribution in [0.1, 0.15) is 5.56 Å². The second kappa shape index (κ2) is 6.13. The zero-order valence-corrected chi connectivity index (χ0v) is 13.7. The van der Waals surface area contributed by atoms with Gasteiger partial charge < -0.3 is 4.74 Å². The quantitative estimate of drug-likeness (QED) is 0.906. The van der Waals surface area contributed by atoms with Gasteiger partial charge in [-0.2, -0.15) is 0 Å². The Morgan fingerprint density at radius 2 is 1.81 bits per heavy atom. The van der Waals surface area contributed by atoms with Gasteiger partial charge in [-0.25, -0.2) is 8.42 Å². The van der Waals surface area contributed by atoms with Crippen molar-refractivity contribution in [3.8, 4) is 5.75 Å². The largest absolute Gasteiger partial charge is 0.495 e. The molecule has 0 aliphatic heterocycles. The maximum atomic E-state index is 12.3. The lowest BCUT2D eigenvalue weighted by Crippen LogP contribution is -2.13. The molecule has 21 heavy (non-hydrogen) atoms. The van der Waals surface area contributed by atoms with Crippen molar-refractivity contribution in [3.63, 3.8) is 0 Å². The van der Waals surface area contributed by atoms with Crippen LogP contribution in [-0.4, -0.2) is 15.5 Å². The van der Waals surface area contributed by atoms with Gasteiger partial charge in [0.05, 0.1) is 22.7 Å². The Labute approximate surface area is 133 Å². The molecule has 0 unspecified atom stereocenters. The first kappa shape index (κ1) is 15.9. The van der Waals surface area contributed by atoms with Gasteiger partial charge in [-0.1, -0.05) is 23.2 Å². The SMILES string of the molecule is COc1ccc(S(=O)(=O)Nc2ccc(Cl)cc2C)cc1Cl. The lowest BCUT2D eigenvalue weighted by Gasteiger charge is -2.12. The standard InChI is InChI=1S/C14H13Cl2NO3S/c1-9-7-10(15)3-5-13(9)17-21(18,19)11-4-6-14(20-2)12(16)8-11/h3-8,17H,1-2H3. The Morgan fingerprint density at radius 1 is 1.10 bits per heavy atom. The van der Waals surface area contributed by atoms with Crippen LogP contribution in [0.2, 0.25) is 10.0 Å². The molecule has 0 heterocycles. The van der Waals surface area contributed by atoms with Crippen LogP contribution in [0.25, 0.3) is 0 Å². The first-order valence-electron chi connectivity index (χ1n) is 5.96. The summed E-state index contributed by atoms with van der Waals surface area (Å²) in [5.41, 5.74) is 1.19. The second-order valence-corrected chi connectivity index (χ2v) is 6.89. The average molecular weight is 346 g/mol. The topological polar surface area (TPSA) is 55.4 Å². The number of benzene rings is 2. The molecular formula is C14H13Cl2NO3S. The molecule has 4 nitrogen and oxygen atoms in total. The van der Waals surface area contributed by atoms with Crippen LogP contribution in [0, 0.1) is 6.92 Å². The van der Waals surface area contributed by atoms with Crippen LogP contribution in [0.3, 0.4) is 0 Å². The molecule has 0 aliphatic rings. The average Bonchev–Trinajstić information content (AvgIpc) is 2.42. The van der Waals surface area contributed by atoms with E-state index in [1.54, 1.807) is 25.1 Å². The van der Waals surface area contributed by atoms with E-state index in [9.17, 15) is 8.42 Å². The van der Waals surface area contributed by atoms with E-state index in [2.05, 4.69) is 4.72 Å². The first-order chi connectivity index (χ1) is 9.83. The number of halogens is 2. The minimum Gasteiger partial charge on any atom is -0.495 e. The molecule has 0 fully saturated rings. The number of hydrogen-bond acceptors (Lipinski definition) is 3. The molecule has 0 saturated heterocycles. The number of aryl methyl sites for hydroxylation is 1. The Balaban J connectivity index is 2.36. The summed E-state index contributed by atoms with van der Waals surface area (Å²) in [6.45, 7) is 1.77. The highest BCUT2D eigenvalue weighted by Gasteiger charge is 2.17. The number of anilines is 1. The molecule has 0 aliphatic carbocycles. The van der Waals surface area contributed by atoms with Crippen molar-refractivity contribution in [3.05, 3.63) is 52.0 Å². The molecule has 0 radical (unpaired) electrons. The van der Waals surface area contributed by atoms with E-state index in [4.69, 9.17) is 27.9 Å². The number of ether oxygens (including phenoxy) is 1. The van der Waals surface area contributed by atoms with Crippen molar-refractivity contribution in [1.29, 1.82) is 0 Å². The molecule has 0 bridgehead atoms. The molecule has 1 N–H and O–H groups in total. The van der Waals surface area contributed by atoms with Crippen molar-refractivity contribution in [2.24, 2.45) is 0 Å². The monoisotopic (exact) mass is 345 g/mol. The summed E-state index contributed by atoms with van der Waals surface area (Å²) < 4.78 is 32.2. The lowest BCUT2D eigenvalue weighted by molar-refractivity contribution is 0.414. The molecule has 7 heteroatoms. The minimum atomic E-state index is -3.73. The maximum Gasteiger partial charge on any atom is 0.261 e. The molecule has 2 aromatic carbocycles. The van der Waals surface area contributed by atoms with Gasteiger partial charge >= 0.3 is 0 Å². The number of methoxy groups -OCH3 is 1. The van der Waals surface area contributed by atoms with E-state index in [-0.39, 0.29) is 9.92 Å². The third kappa shape index (κ3) is 3.61. The Kier molecular flexibility index (Phi) is 4.66. The summed E-state index contributed by atoms with van der Waals surface area (Å²) in [6.07, 6.45) is 0. The maximum absolute atomic E-state index is 12.3. The smallest absolute Gasteiger partial charge is 0.261 e. The predicted octanol–water partition coefficient (Wildman–Crippen LogP) is 4.11. The summed E-state index contributed by atoms with van der Waals surface area (Å²) >= 11 is 11.8. The molecular weight excluding hydrogens is 333 g/mol. The number of hydrogen-bond donors (Lipinski definition) is 1. The van der Waals surface area contributed by atoms with Crippen molar-refractivity contribution >= 4 is 38.9 Å². The van der Waals surface area contributed by atoms with E-state index >= 15 is 0 Å². The van der Waals surface area contributed by atoms with E-state index < -0.39 is 10.0 Å². The zero-order valence-electron chi connectivity index (χ0n) is 11.4. The van der Waals surface area contributed by atoms with Gasteiger partial charge in [-0.3, -0.25) is 4.72 Å². The van der Waals surface area contributed by atoms with Crippen molar-refractivity contribution in [2.45, 2.75) is 11.8 Å². The molecule has 2 rings (SSSR count). The predicted molar refractivity (Wildman–Crippen MR) is 85.0 cm³/mol. The van der Waals surface area contributed by atoms with Gasteiger partial charge in [-0.15, -0.1) is 0 Å².